The summed E-state index contributed by atoms with van der Waals surface area (Å²) >= 11 is 0. The fraction of sp³-hybridized carbons (Fsp3) is 0.278. The molecule has 2 heterocycles. The van der Waals surface area contributed by atoms with Crippen LogP contribution in [0.5, 0.6) is 0 Å². The van der Waals surface area contributed by atoms with Gasteiger partial charge in [-0.05, 0) is 32.4 Å². The number of carbonyl (C=O) groups is 1. The van der Waals surface area contributed by atoms with Crippen molar-refractivity contribution >= 4 is 11.6 Å². The summed E-state index contributed by atoms with van der Waals surface area (Å²) in [6, 6.07) is 11.4. The molecule has 24 heavy (non-hydrogen) atoms. The standard InChI is InChI=1S/C18H21N5O/c1-11-9-12(2)23-17(21-11)16(13(3)22-23)18(24)20-10-15(19)14-7-5-4-6-8-14/h4-9,15H,10,19H2,1-3H3,(H,20,24). The van der Waals surface area contributed by atoms with Gasteiger partial charge in [-0.25, -0.2) is 9.50 Å². The van der Waals surface area contributed by atoms with Gasteiger partial charge in [0.1, 0.15) is 5.56 Å². The summed E-state index contributed by atoms with van der Waals surface area (Å²) in [6.07, 6.45) is 0. The normalized spacial score (nSPS) is 12.3. The van der Waals surface area contributed by atoms with Gasteiger partial charge < -0.3 is 11.1 Å². The van der Waals surface area contributed by atoms with Crippen LogP contribution in [-0.2, 0) is 0 Å². The topological polar surface area (TPSA) is 85.3 Å². The van der Waals surface area contributed by atoms with E-state index in [1.807, 2.05) is 57.2 Å². The minimum atomic E-state index is -0.256. The molecule has 6 heteroatoms. The number of hydrogen-bond donors (Lipinski definition) is 2. The molecule has 0 spiro atoms. The van der Waals surface area contributed by atoms with Crippen molar-refractivity contribution in [3.63, 3.8) is 0 Å². The maximum absolute atomic E-state index is 12.6. The molecule has 0 aliphatic heterocycles. The van der Waals surface area contributed by atoms with Crippen LogP contribution in [0.1, 0.15) is 39.0 Å². The average Bonchev–Trinajstić information content (AvgIpc) is 2.89. The van der Waals surface area contributed by atoms with E-state index in [9.17, 15) is 4.79 Å². The minimum absolute atomic E-state index is 0.202. The molecule has 0 fully saturated rings. The quantitative estimate of drug-likeness (QED) is 0.770. The van der Waals surface area contributed by atoms with Crippen molar-refractivity contribution < 1.29 is 4.79 Å². The van der Waals surface area contributed by atoms with Gasteiger partial charge in [-0.2, -0.15) is 5.10 Å². The van der Waals surface area contributed by atoms with Crippen molar-refractivity contribution in [3.05, 3.63) is 64.6 Å². The van der Waals surface area contributed by atoms with E-state index in [2.05, 4.69) is 15.4 Å². The lowest BCUT2D eigenvalue weighted by molar-refractivity contribution is 0.0952. The van der Waals surface area contributed by atoms with Crippen LogP contribution in [0, 0.1) is 20.8 Å². The van der Waals surface area contributed by atoms with E-state index >= 15 is 0 Å². The van der Waals surface area contributed by atoms with Gasteiger partial charge in [0.25, 0.3) is 5.91 Å². The van der Waals surface area contributed by atoms with E-state index in [-0.39, 0.29) is 11.9 Å². The monoisotopic (exact) mass is 323 g/mol. The fourth-order valence-corrected chi connectivity index (χ4v) is 2.80. The molecule has 3 N–H and O–H groups in total. The zero-order valence-electron chi connectivity index (χ0n) is 14.1. The van der Waals surface area contributed by atoms with E-state index < -0.39 is 0 Å². The molecule has 1 atom stereocenters. The number of benzene rings is 1. The van der Waals surface area contributed by atoms with E-state index in [4.69, 9.17) is 5.73 Å². The van der Waals surface area contributed by atoms with Crippen LogP contribution in [0.15, 0.2) is 36.4 Å². The highest BCUT2D eigenvalue weighted by molar-refractivity contribution is 6.01. The molecule has 124 valence electrons. The van der Waals surface area contributed by atoms with Crippen LogP contribution in [0.25, 0.3) is 5.65 Å². The largest absolute Gasteiger partial charge is 0.350 e. The van der Waals surface area contributed by atoms with Crippen LogP contribution >= 0.6 is 0 Å². The Labute approximate surface area is 140 Å². The molecule has 3 aromatic rings. The number of nitrogens with two attached hydrogens (primary N) is 1. The number of nitrogens with zero attached hydrogens (tertiary/aromatic N) is 3. The van der Waals surface area contributed by atoms with E-state index in [1.165, 1.54) is 0 Å². The van der Waals surface area contributed by atoms with Crippen molar-refractivity contribution in [2.24, 2.45) is 5.73 Å². The summed E-state index contributed by atoms with van der Waals surface area (Å²) in [5.41, 5.74) is 10.7. The average molecular weight is 323 g/mol. The number of aromatic nitrogens is 3. The maximum Gasteiger partial charge on any atom is 0.257 e. The molecule has 1 unspecified atom stereocenters. The lowest BCUT2D eigenvalue weighted by Crippen LogP contribution is -2.32. The molecule has 0 bridgehead atoms. The first-order chi connectivity index (χ1) is 11.5. The zero-order valence-corrected chi connectivity index (χ0v) is 14.1. The predicted molar refractivity (Wildman–Crippen MR) is 92.9 cm³/mol. The number of nitrogens with one attached hydrogen (secondary N) is 1. The van der Waals surface area contributed by atoms with Crippen LogP contribution in [0.4, 0.5) is 0 Å². The Morgan fingerprint density at radius 1 is 1.25 bits per heavy atom. The van der Waals surface area contributed by atoms with Gasteiger partial charge in [-0.3, -0.25) is 4.79 Å². The second-order valence-electron chi connectivity index (χ2n) is 5.96. The third kappa shape index (κ3) is 3.00. The molecule has 2 aromatic heterocycles. The SMILES string of the molecule is Cc1cc(C)n2nc(C)c(C(=O)NCC(N)c3ccccc3)c2n1. The van der Waals surface area contributed by atoms with Gasteiger partial charge in [0.15, 0.2) is 5.65 Å². The lowest BCUT2D eigenvalue weighted by Gasteiger charge is -2.13. The van der Waals surface area contributed by atoms with Gasteiger partial charge in [0, 0.05) is 24.0 Å². The summed E-state index contributed by atoms with van der Waals surface area (Å²) in [4.78, 5) is 17.1. The van der Waals surface area contributed by atoms with Crippen molar-refractivity contribution in [1.82, 2.24) is 19.9 Å². The Balaban J connectivity index is 1.83. The van der Waals surface area contributed by atoms with Gasteiger partial charge in [-0.15, -0.1) is 0 Å². The first kappa shape index (κ1) is 16.1. The molecular weight excluding hydrogens is 302 g/mol. The van der Waals surface area contributed by atoms with Gasteiger partial charge in [0.2, 0.25) is 0 Å². The van der Waals surface area contributed by atoms with E-state index in [1.54, 1.807) is 4.52 Å². The van der Waals surface area contributed by atoms with Crippen molar-refractivity contribution in [2.75, 3.05) is 6.54 Å². The summed E-state index contributed by atoms with van der Waals surface area (Å²) in [6.45, 7) is 6.02. The van der Waals surface area contributed by atoms with Gasteiger partial charge in [-0.1, -0.05) is 30.3 Å². The third-order valence-electron chi connectivity index (χ3n) is 4.01. The minimum Gasteiger partial charge on any atom is -0.350 e. The van der Waals surface area contributed by atoms with Crippen molar-refractivity contribution in [1.29, 1.82) is 0 Å². The van der Waals surface area contributed by atoms with Crippen molar-refractivity contribution in [3.8, 4) is 0 Å². The summed E-state index contributed by atoms with van der Waals surface area (Å²) in [5.74, 6) is -0.202. The molecule has 0 aliphatic rings. The van der Waals surface area contributed by atoms with Gasteiger partial charge in [0.05, 0.1) is 5.69 Å². The van der Waals surface area contributed by atoms with Crippen LogP contribution in [0.2, 0.25) is 0 Å². The molecule has 6 nitrogen and oxygen atoms in total. The second-order valence-corrected chi connectivity index (χ2v) is 5.96. The highest BCUT2D eigenvalue weighted by atomic mass is 16.1. The number of amides is 1. The molecule has 0 saturated carbocycles. The number of rotatable bonds is 4. The Morgan fingerprint density at radius 3 is 2.67 bits per heavy atom. The summed E-state index contributed by atoms with van der Waals surface area (Å²) in [7, 11) is 0. The number of carbonyl (C=O) groups excluding carboxylic acids is 1. The molecule has 3 rings (SSSR count). The highest BCUT2D eigenvalue weighted by Crippen LogP contribution is 2.16. The van der Waals surface area contributed by atoms with E-state index in [0.29, 0.717) is 23.4 Å². The number of aryl methyl sites for hydroxylation is 3. The summed E-state index contributed by atoms with van der Waals surface area (Å²) < 4.78 is 1.70. The second kappa shape index (κ2) is 6.41. The first-order valence-electron chi connectivity index (χ1n) is 7.89. The Kier molecular flexibility index (Phi) is 4.31. The molecule has 1 aromatic carbocycles. The molecule has 0 saturated heterocycles. The Bertz CT molecular complexity index is 885. The van der Waals surface area contributed by atoms with Crippen LogP contribution in [-0.4, -0.2) is 27.0 Å². The molecule has 0 aliphatic carbocycles. The van der Waals surface area contributed by atoms with Crippen LogP contribution in [0.3, 0.4) is 0 Å². The number of hydrogen-bond acceptors (Lipinski definition) is 4. The smallest absolute Gasteiger partial charge is 0.257 e. The Morgan fingerprint density at radius 2 is 1.96 bits per heavy atom. The van der Waals surface area contributed by atoms with Gasteiger partial charge >= 0.3 is 0 Å². The lowest BCUT2D eigenvalue weighted by atomic mass is 10.1. The molecular formula is C18H21N5O. The predicted octanol–water partition coefficient (Wildman–Crippen LogP) is 2.08. The highest BCUT2D eigenvalue weighted by Gasteiger charge is 2.20. The van der Waals surface area contributed by atoms with E-state index in [0.717, 1.165) is 17.0 Å². The number of fused-ring (bicyclic) bond motifs is 1. The molecule has 1 amide bonds. The Hall–Kier alpha value is -2.73. The fourth-order valence-electron chi connectivity index (χ4n) is 2.80. The summed E-state index contributed by atoms with van der Waals surface area (Å²) in [5, 5.41) is 7.32. The maximum atomic E-state index is 12.6. The zero-order chi connectivity index (χ0) is 17.3. The third-order valence-corrected chi connectivity index (χ3v) is 4.01. The molecule has 0 radical (unpaired) electrons. The first-order valence-corrected chi connectivity index (χ1v) is 7.89. The van der Waals surface area contributed by atoms with Crippen molar-refractivity contribution in [2.45, 2.75) is 26.8 Å². The van der Waals surface area contributed by atoms with Crippen LogP contribution < -0.4 is 11.1 Å².